The van der Waals surface area contributed by atoms with Gasteiger partial charge >= 0.3 is 0 Å². The average Bonchev–Trinajstić information content (AvgIpc) is 2.99. The molecule has 1 saturated heterocycles. The fourth-order valence-electron chi connectivity index (χ4n) is 2.56. The van der Waals surface area contributed by atoms with Gasteiger partial charge in [0.05, 0.1) is 26.4 Å². The summed E-state index contributed by atoms with van der Waals surface area (Å²) in [7, 11) is 0. The number of hydrogen-bond acceptors (Lipinski definition) is 5. The Balaban J connectivity index is 1.59. The van der Waals surface area contributed by atoms with Crippen LogP contribution in [0.3, 0.4) is 0 Å². The van der Waals surface area contributed by atoms with Crippen LogP contribution in [0.5, 0.6) is 0 Å². The van der Waals surface area contributed by atoms with Gasteiger partial charge in [-0.1, -0.05) is 55.8 Å². The van der Waals surface area contributed by atoms with Crippen molar-refractivity contribution < 1.29 is 14.0 Å². The molecule has 0 unspecified atom stereocenters. The van der Waals surface area contributed by atoms with E-state index in [0.29, 0.717) is 38.2 Å². The SMILES string of the molecule is CC[C@H](C)Cc1nc(C2(COCc3ccccc3)COC2)no1. The van der Waals surface area contributed by atoms with E-state index in [1.165, 1.54) is 0 Å². The van der Waals surface area contributed by atoms with Gasteiger partial charge in [0.15, 0.2) is 5.82 Å². The second kappa shape index (κ2) is 7.23. The van der Waals surface area contributed by atoms with Crippen LogP contribution in [0.4, 0.5) is 0 Å². The minimum Gasteiger partial charge on any atom is -0.379 e. The topological polar surface area (TPSA) is 57.4 Å². The molecule has 0 aliphatic carbocycles. The maximum atomic E-state index is 5.89. The highest BCUT2D eigenvalue weighted by molar-refractivity contribution is 5.15. The van der Waals surface area contributed by atoms with E-state index in [0.717, 1.165) is 24.2 Å². The van der Waals surface area contributed by atoms with E-state index in [1.807, 2.05) is 18.2 Å². The zero-order valence-electron chi connectivity index (χ0n) is 13.8. The molecule has 2 heterocycles. The van der Waals surface area contributed by atoms with Gasteiger partial charge in [0.1, 0.15) is 5.41 Å². The first-order valence-corrected chi connectivity index (χ1v) is 8.24. The van der Waals surface area contributed by atoms with Gasteiger partial charge in [0.2, 0.25) is 5.89 Å². The Bertz CT molecular complexity index is 608. The highest BCUT2D eigenvalue weighted by atomic mass is 16.5. The maximum Gasteiger partial charge on any atom is 0.226 e. The van der Waals surface area contributed by atoms with Crippen molar-refractivity contribution in [1.29, 1.82) is 0 Å². The van der Waals surface area contributed by atoms with E-state index >= 15 is 0 Å². The van der Waals surface area contributed by atoms with Crippen LogP contribution in [0.2, 0.25) is 0 Å². The summed E-state index contributed by atoms with van der Waals surface area (Å²) in [4.78, 5) is 4.58. The summed E-state index contributed by atoms with van der Waals surface area (Å²) >= 11 is 0. The Morgan fingerprint density at radius 2 is 2.04 bits per heavy atom. The number of ether oxygens (including phenoxy) is 2. The Hall–Kier alpha value is -1.72. The van der Waals surface area contributed by atoms with Gasteiger partial charge in [0.25, 0.3) is 0 Å². The molecule has 1 fully saturated rings. The van der Waals surface area contributed by atoms with Crippen molar-refractivity contribution in [3.8, 4) is 0 Å². The third-order valence-corrected chi connectivity index (χ3v) is 4.41. The monoisotopic (exact) mass is 316 g/mol. The van der Waals surface area contributed by atoms with Crippen LogP contribution in [-0.4, -0.2) is 30.0 Å². The van der Waals surface area contributed by atoms with Crippen molar-refractivity contribution in [2.24, 2.45) is 5.92 Å². The molecule has 5 nitrogen and oxygen atoms in total. The van der Waals surface area contributed by atoms with Crippen LogP contribution in [0.25, 0.3) is 0 Å². The molecule has 0 spiro atoms. The minimum absolute atomic E-state index is 0.258. The molecule has 0 N–H and O–H groups in total. The third kappa shape index (κ3) is 3.79. The molecule has 1 aromatic heterocycles. The normalized spacial score (nSPS) is 17.7. The van der Waals surface area contributed by atoms with Gasteiger partial charge in [-0.3, -0.25) is 0 Å². The van der Waals surface area contributed by atoms with Crippen molar-refractivity contribution in [3.05, 3.63) is 47.6 Å². The molecule has 1 aliphatic heterocycles. The van der Waals surface area contributed by atoms with Crippen LogP contribution in [0, 0.1) is 5.92 Å². The summed E-state index contributed by atoms with van der Waals surface area (Å²) in [5.74, 6) is 1.98. The van der Waals surface area contributed by atoms with Crippen molar-refractivity contribution >= 4 is 0 Å². The van der Waals surface area contributed by atoms with Gasteiger partial charge in [-0.15, -0.1) is 0 Å². The molecular weight excluding hydrogens is 292 g/mol. The molecule has 3 rings (SSSR count). The van der Waals surface area contributed by atoms with Crippen molar-refractivity contribution in [2.75, 3.05) is 19.8 Å². The van der Waals surface area contributed by atoms with E-state index in [4.69, 9.17) is 14.0 Å². The lowest BCUT2D eigenvalue weighted by molar-refractivity contribution is -0.106. The first-order valence-electron chi connectivity index (χ1n) is 8.24. The summed E-state index contributed by atoms with van der Waals surface area (Å²) in [5, 5.41) is 4.18. The van der Waals surface area contributed by atoms with E-state index in [2.05, 4.69) is 36.1 Å². The third-order valence-electron chi connectivity index (χ3n) is 4.41. The van der Waals surface area contributed by atoms with Crippen LogP contribution in [-0.2, 0) is 27.9 Å². The number of aromatic nitrogens is 2. The fraction of sp³-hybridized carbons (Fsp3) is 0.556. The van der Waals surface area contributed by atoms with Gasteiger partial charge in [-0.25, -0.2) is 0 Å². The smallest absolute Gasteiger partial charge is 0.226 e. The average molecular weight is 316 g/mol. The summed E-state index contributed by atoms with van der Waals surface area (Å²) < 4.78 is 16.7. The lowest BCUT2D eigenvalue weighted by atomic mass is 9.86. The summed E-state index contributed by atoms with van der Waals surface area (Å²) in [5.41, 5.74) is 0.903. The zero-order valence-corrected chi connectivity index (χ0v) is 13.8. The first kappa shape index (κ1) is 16.1. The standard InChI is InChI=1S/C18H24N2O3/c1-3-14(2)9-16-19-17(20-23-16)18(12-22-13-18)11-21-10-15-7-5-4-6-8-15/h4-8,14H,3,9-13H2,1-2H3/t14-/m0/s1. The van der Waals surface area contributed by atoms with Crippen LogP contribution in [0.1, 0.15) is 37.5 Å². The zero-order chi connectivity index (χ0) is 16.1. The van der Waals surface area contributed by atoms with Crippen molar-refractivity contribution in [1.82, 2.24) is 10.1 Å². The largest absolute Gasteiger partial charge is 0.379 e. The lowest BCUT2D eigenvalue weighted by Gasteiger charge is -2.38. The maximum absolute atomic E-state index is 5.89. The molecule has 124 valence electrons. The molecule has 23 heavy (non-hydrogen) atoms. The predicted molar refractivity (Wildman–Crippen MR) is 86.1 cm³/mol. The summed E-state index contributed by atoms with van der Waals surface area (Å²) in [6, 6.07) is 10.1. The second-order valence-corrected chi connectivity index (χ2v) is 6.48. The van der Waals surface area contributed by atoms with E-state index in [1.54, 1.807) is 0 Å². The van der Waals surface area contributed by atoms with E-state index in [9.17, 15) is 0 Å². The van der Waals surface area contributed by atoms with Crippen LogP contribution >= 0.6 is 0 Å². The predicted octanol–water partition coefficient (Wildman–Crippen LogP) is 3.14. The number of rotatable bonds is 8. The highest BCUT2D eigenvalue weighted by Gasteiger charge is 2.45. The van der Waals surface area contributed by atoms with Gasteiger partial charge in [-0.05, 0) is 11.5 Å². The summed E-state index contributed by atoms with van der Waals surface area (Å²) in [6.45, 7) is 6.66. The number of hydrogen-bond donors (Lipinski definition) is 0. The molecule has 2 aromatic rings. The highest BCUT2D eigenvalue weighted by Crippen LogP contribution is 2.31. The first-order chi connectivity index (χ1) is 11.2. The number of nitrogens with zero attached hydrogens (tertiary/aromatic N) is 2. The summed E-state index contributed by atoms with van der Waals surface area (Å²) in [6.07, 6.45) is 1.93. The Morgan fingerprint density at radius 1 is 1.26 bits per heavy atom. The fourth-order valence-corrected chi connectivity index (χ4v) is 2.56. The van der Waals surface area contributed by atoms with E-state index in [-0.39, 0.29) is 5.41 Å². The van der Waals surface area contributed by atoms with Gasteiger partial charge < -0.3 is 14.0 Å². The molecule has 0 saturated carbocycles. The Morgan fingerprint density at radius 3 is 2.70 bits per heavy atom. The molecule has 0 bridgehead atoms. The molecule has 1 aliphatic rings. The van der Waals surface area contributed by atoms with Crippen LogP contribution in [0.15, 0.2) is 34.9 Å². The molecule has 5 heteroatoms. The minimum atomic E-state index is -0.258. The molecular formula is C18H24N2O3. The number of benzene rings is 1. The quantitative estimate of drug-likeness (QED) is 0.749. The Kier molecular flexibility index (Phi) is 5.08. The van der Waals surface area contributed by atoms with Crippen molar-refractivity contribution in [3.63, 3.8) is 0 Å². The second-order valence-electron chi connectivity index (χ2n) is 6.48. The lowest BCUT2D eigenvalue weighted by Crippen LogP contribution is -2.51. The van der Waals surface area contributed by atoms with Crippen LogP contribution < -0.4 is 0 Å². The van der Waals surface area contributed by atoms with Crippen molar-refractivity contribution in [2.45, 2.75) is 38.7 Å². The molecule has 0 amide bonds. The van der Waals surface area contributed by atoms with Gasteiger partial charge in [-0.2, -0.15) is 4.98 Å². The molecule has 0 radical (unpaired) electrons. The van der Waals surface area contributed by atoms with Gasteiger partial charge in [0, 0.05) is 6.42 Å². The van der Waals surface area contributed by atoms with E-state index < -0.39 is 0 Å². The molecule has 1 aromatic carbocycles. The molecule has 1 atom stereocenters. The Labute approximate surface area is 137 Å².